The third-order valence-electron chi connectivity index (χ3n) is 2.55. The van der Waals surface area contributed by atoms with Crippen LogP contribution < -0.4 is 5.32 Å². The molecule has 0 fully saturated rings. The number of nitrogens with zero attached hydrogens (tertiary/aromatic N) is 1. The maximum Gasteiger partial charge on any atom is 0.402 e. The summed E-state index contributed by atoms with van der Waals surface area (Å²) in [5.41, 5.74) is -0.508. The topological polar surface area (TPSA) is 24.9 Å². The van der Waals surface area contributed by atoms with Crippen molar-refractivity contribution in [3.05, 3.63) is 29.8 Å². The van der Waals surface area contributed by atoms with Crippen LogP contribution in [0.15, 0.2) is 18.5 Å². The van der Waals surface area contributed by atoms with E-state index in [0.29, 0.717) is 12.3 Å². The van der Waals surface area contributed by atoms with Gasteiger partial charge in [0, 0.05) is 6.20 Å². The SMILES string of the molecule is CCNC(c1cncc(F)c1)C(C(F)(F)F)C(F)(F)F. The van der Waals surface area contributed by atoms with Crippen LogP contribution in [0.5, 0.6) is 0 Å². The first kappa shape index (κ1) is 16.7. The highest BCUT2D eigenvalue weighted by atomic mass is 19.4. The zero-order valence-electron chi connectivity index (χ0n) is 10.2. The van der Waals surface area contributed by atoms with Gasteiger partial charge >= 0.3 is 12.4 Å². The van der Waals surface area contributed by atoms with Gasteiger partial charge in [-0.05, 0) is 18.2 Å². The maximum atomic E-state index is 13.0. The number of hydrogen-bond donors (Lipinski definition) is 1. The van der Waals surface area contributed by atoms with Gasteiger partial charge < -0.3 is 5.32 Å². The van der Waals surface area contributed by atoms with E-state index in [2.05, 4.69) is 10.3 Å². The van der Waals surface area contributed by atoms with Gasteiger partial charge in [0.15, 0.2) is 5.92 Å². The van der Waals surface area contributed by atoms with E-state index < -0.39 is 35.7 Å². The van der Waals surface area contributed by atoms with Crippen LogP contribution >= 0.6 is 0 Å². The second-order valence-corrected chi connectivity index (χ2v) is 4.03. The molecule has 0 aliphatic heterocycles. The second-order valence-electron chi connectivity index (χ2n) is 4.03. The van der Waals surface area contributed by atoms with Crippen molar-refractivity contribution in [3.63, 3.8) is 0 Å². The highest BCUT2D eigenvalue weighted by Crippen LogP contribution is 2.46. The molecule has 0 aliphatic carbocycles. The highest BCUT2D eigenvalue weighted by molar-refractivity contribution is 5.17. The highest BCUT2D eigenvalue weighted by Gasteiger charge is 2.60. The molecule has 2 nitrogen and oxygen atoms in total. The molecule has 1 aromatic heterocycles. The van der Waals surface area contributed by atoms with Crippen LogP contribution in [-0.2, 0) is 0 Å². The Morgan fingerprint density at radius 3 is 2.05 bits per heavy atom. The fraction of sp³-hybridized carbons (Fsp3) is 0.545. The summed E-state index contributed by atoms with van der Waals surface area (Å²) in [6, 6.07) is -1.55. The normalized spacial score (nSPS) is 14.7. The van der Waals surface area contributed by atoms with Gasteiger partial charge in [-0.15, -0.1) is 0 Å². The van der Waals surface area contributed by atoms with E-state index >= 15 is 0 Å². The van der Waals surface area contributed by atoms with Crippen molar-refractivity contribution in [1.29, 1.82) is 0 Å². The molecule has 1 heterocycles. The zero-order chi connectivity index (χ0) is 15.6. The molecular formula is C11H11F7N2. The van der Waals surface area contributed by atoms with Crippen LogP contribution in [0.4, 0.5) is 30.7 Å². The van der Waals surface area contributed by atoms with E-state index in [1.165, 1.54) is 6.92 Å². The lowest BCUT2D eigenvalue weighted by Crippen LogP contribution is -2.45. The van der Waals surface area contributed by atoms with Gasteiger partial charge in [-0.2, -0.15) is 26.3 Å². The lowest BCUT2D eigenvalue weighted by Gasteiger charge is -2.31. The van der Waals surface area contributed by atoms with Crippen molar-refractivity contribution >= 4 is 0 Å². The summed E-state index contributed by atoms with van der Waals surface area (Å²) in [6.07, 6.45) is -9.56. The molecule has 0 spiro atoms. The first-order valence-electron chi connectivity index (χ1n) is 5.54. The Labute approximate surface area is 110 Å². The smallest absolute Gasteiger partial charge is 0.309 e. The Morgan fingerprint density at radius 2 is 1.65 bits per heavy atom. The molecule has 1 rings (SSSR count). The lowest BCUT2D eigenvalue weighted by atomic mass is 9.92. The van der Waals surface area contributed by atoms with Crippen molar-refractivity contribution in [3.8, 4) is 0 Å². The average molecular weight is 304 g/mol. The quantitative estimate of drug-likeness (QED) is 0.860. The lowest BCUT2D eigenvalue weighted by molar-refractivity contribution is -0.292. The van der Waals surface area contributed by atoms with Gasteiger partial charge in [0.1, 0.15) is 5.82 Å². The zero-order valence-corrected chi connectivity index (χ0v) is 10.2. The minimum absolute atomic E-state index is 0.149. The molecule has 1 atom stereocenters. The van der Waals surface area contributed by atoms with Crippen LogP contribution in [0.25, 0.3) is 0 Å². The van der Waals surface area contributed by atoms with Crippen molar-refractivity contribution in [1.82, 2.24) is 10.3 Å². The van der Waals surface area contributed by atoms with Gasteiger partial charge in [-0.25, -0.2) is 4.39 Å². The molecule has 0 saturated heterocycles. The molecule has 20 heavy (non-hydrogen) atoms. The first-order chi connectivity index (χ1) is 9.07. The largest absolute Gasteiger partial charge is 0.402 e. The molecule has 0 aromatic carbocycles. The molecule has 0 saturated carbocycles. The first-order valence-corrected chi connectivity index (χ1v) is 5.54. The van der Waals surface area contributed by atoms with E-state index in [9.17, 15) is 30.7 Å². The summed E-state index contributed by atoms with van der Waals surface area (Å²) in [5.74, 6) is -4.65. The summed E-state index contributed by atoms with van der Waals surface area (Å²) in [7, 11) is 0. The molecule has 1 N–H and O–H groups in total. The Kier molecular flexibility index (Phi) is 4.95. The van der Waals surface area contributed by atoms with E-state index in [-0.39, 0.29) is 6.54 Å². The van der Waals surface area contributed by atoms with Gasteiger partial charge in [0.2, 0.25) is 0 Å². The summed E-state index contributed by atoms with van der Waals surface area (Å²) >= 11 is 0. The second kappa shape index (κ2) is 5.94. The minimum atomic E-state index is -5.52. The maximum absolute atomic E-state index is 13.0. The van der Waals surface area contributed by atoms with Crippen LogP contribution in [0.3, 0.4) is 0 Å². The number of rotatable bonds is 4. The summed E-state index contributed by atoms with van der Waals surface area (Å²) in [5, 5.41) is 2.09. The van der Waals surface area contributed by atoms with Gasteiger partial charge in [-0.1, -0.05) is 6.92 Å². The van der Waals surface area contributed by atoms with E-state index in [1.54, 1.807) is 0 Å². The van der Waals surface area contributed by atoms with Crippen LogP contribution in [0, 0.1) is 11.7 Å². The number of halogens is 7. The van der Waals surface area contributed by atoms with Gasteiger partial charge in [0.05, 0.1) is 12.2 Å². The van der Waals surface area contributed by atoms with E-state index in [4.69, 9.17) is 0 Å². The molecule has 0 bridgehead atoms. The van der Waals surface area contributed by atoms with Crippen molar-refractivity contribution < 1.29 is 30.7 Å². The molecular weight excluding hydrogens is 293 g/mol. The number of aromatic nitrogens is 1. The van der Waals surface area contributed by atoms with Crippen molar-refractivity contribution in [2.45, 2.75) is 25.3 Å². The van der Waals surface area contributed by atoms with Gasteiger partial charge in [0.25, 0.3) is 0 Å². The van der Waals surface area contributed by atoms with Crippen LogP contribution in [-0.4, -0.2) is 23.9 Å². The third-order valence-corrected chi connectivity index (χ3v) is 2.55. The Balaban J connectivity index is 3.29. The standard InChI is InChI=1S/C11H11F7N2/c1-2-20-8(6-3-7(12)5-19-4-6)9(10(13,14)15)11(16,17)18/h3-5,8-9,20H,2H2,1H3. The van der Waals surface area contributed by atoms with Gasteiger partial charge in [-0.3, -0.25) is 4.98 Å². The van der Waals surface area contributed by atoms with Crippen molar-refractivity contribution in [2.75, 3.05) is 6.54 Å². The third kappa shape index (κ3) is 4.06. The van der Waals surface area contributed by atoms with Crippen molar-refractivity contribution in [2.24, 2.45) is 5.92 Å². The minimum Gasteiger partial charge on any atom is -0.309 e. The number of pyridine rings is 1. The molecule has 1 aromatic rings. The predicted molar refractivity (Wildman–Crippen MR) is 56.2 cm³/mol. The fourth-order valence-corrected chi connectivity index (χ4v) is 1.81. The Bertz CT molecular complexity index is 427. The monoisotopic (exact) mass is 304 g/mol. The molecule has 0 aliphatic rings. The molecule has 9 heteroatoms. The summed E-state index contributed by atoms with van der Waals surface area (Å²) in [6.45, 7) is 1.20. The van der Waals surface area contributed by atoms with Crippen LogP contribution in [0.2, 0.25) is 0 Å². The molecule has 0 radical (unpaired) electrons. The Morgan fingerprint density at radius 1 is 1.10 bits per heavy atom. The number of nitrogens with one attached hydrogen (secondary N) is 1. The van der Waals surface area contributed by atoms with E-state index in [1.807, 2.05) is 0 Å². The fourth-order valence-electron chi connectivity index (χ4n) is 1.81. The molecule has 1 unspecified atom stereocenters. The Hall–Kier alpha value is -1.38. The summed E-state index contributed by atoms with van der Waals surface area (Å²) in [4.78, 5) is 3.28. The van der Waals surface area contributed by atoms with E-state index in [0.717, 1.165) is 6.20 Å². The summed E-state index contributed by atoms with van der Waals surface area (Å²) < 4.78 is 89.2. The number of hydrogen-bond acceptors (Lipinski definition) is 2. The average Bonchev–Trinajstić information content (AvgIpc) is 2.24. The van der Waals surface area contributed by atoms with Crippen LogP contribution in [0.1, 0.15) is 18.5 Å². The number of alkyl halides is 6. The predicted octanol–water partition coefficient (Wildman–Crippen LogP) is 3.61. The molecule has 114 valence electrons. The molecule has 0 amide bonds.